The van der Waals surface area contributed by atoms with E-state index in [0.717, 1.165) is 16.5 Å². The molecule has 1 unspecified atom stereocenters. The highest BCUT2D eigenvalue weighted by molar-refractivity contribution is 6.01. The number of ether oxygens (including phenoxy) is 1. The molecule has 9 heteroatoms. The zero-order valence-corrected chi connectivity index (χ0v) is 23.7. The number of benzene rings is 2. The number of oxazole rings is 1. The standard InChI is InChI=1S/C26H27N3O4.C5H11NO/c1-16(2)22(28-21(30)14-13-17-9-5-4-6-10-17)25-29-23(26(31)32-3)24(33-25)19-15-27-20-12-8-7-11-18(19)20;1-4(2)3-5(6)7/h4-12,15-16,22,27H,13-14H2,1-3H3,(H,28,30);4H,3H2,1-2H3,(H2,6,7). The number of methoxy groups -OCH3 is 1. The predicted molar refractivity (Wildman–Crippen MR) is 154 cm³/mol. The minimum Gasteiger partial charge on any atom is -0.464 e. The highest BCUT2D eigenvalue weighted by Gasteiger charge is 2.30. The number of nitrogens with one attached hydrogen (secondary N) is 2. The number of nitrogens with zero attached hydrogens (tertiary/aromatic N) is 1. The number of hydrogen-bond donors (Lipinski definition) is 3. The number of aromatic nitrogens is 2. The van der Waals surface area contributed by atoms with Gasteiger partial charge in [0.05, 0.1) is 7.11 Å². The van der Waals surface area contributed by atoms with E-state index in [1.54, 1.807) is 6.20 Å². The second-order valence-electron chi connectivity index (χ2n) is 10.3. The lowest BCUT2D eigenvalue weighted by Crippen LogP contribution is -2.32. The van der Waals surface area contributed by atoms with Crippen LogP contribution in [0.15, 0.2) is 65.2 Å². The molecule has 2 aromatic heterocycles. The molecule has 0 bridgehead atoms. The van der Waals surface area contributed by atoms with Crippen molar-refractivity contribution in [2.24, 2.45) is 17.6 Å². The van der Waals surface area contributed by atoms with E-state index in [1.165, 1.54) is 7.11 Å². The van der Waals surface area contributed by atoms with Gasteiger partial charge in [0.1, 0.15) is 6.04 Å². The SMILES string of the molecule is CC(C)CC(N)=O.COC(=O)c1nc(C(NC(=O)CCc2ccccc2)C(C)C)oc1-c1c[nH]c2ccccc12. The summed E-state index contributed by atoms with van der Waals surface area (Å²) in [6.45, 7) is 7.86. The van der Waals surface area contributed by atoms with Crippen LogP contribution in [-0.2, 0) is 20.7 Å². The maximum Gasteiger partial charge on any atom is 0.360 e. The number of nitrogens with two attached hydrogens (primary N) is 1. The monoisotopic (exact) mass is 546 g/mol. The van der Waals surface area contributed by atoms with Crippen molar-refractivity contribution in [1.29, 1.82) is 0 Å². The van der Waals surface area contributed by atoms with Crippen LogP contribution in [0.4, 0.5) is 0 Å². The maximum atomic E-state index is 12.7. The summed E-state index contributed by atoms with van der Waals surface area (Å²) < 4.78 is 11.1. The summed E-state index contributed by atoms with van der Waals surface area (Å²) in [5.74, 6) is 0.0718. The van der Waals surface area contributed by atoms with E-state index < -0.39 is 12.0 Å². The molecule has 9 nitrogen and oxygen atoms in total. The minimum atomic E-state index is -0.594. The third-order valence-electron chi connectivity index (χ3n) is 6.20. The zero-order chi connectivity index (χ0) is 29.2. The van der Waals surface area contributed by atoms with Crippen molar-refractivity contribution in [1.82, 2.24) is 15.3 Å². The summed E-state index contributed by atoms with van der Waals surface area (Å²) in [5.41, 5.74) is 7.66. The normalized spacial score (nSPS) is 11.7. The van der Waals surface area contributed by atoms with Crippen LogP contribution in [0, 0.1) is 11.8 Å². The molecule has 2 aromatic carbocycles. The molecule has 0 fully saturated rings. The molecule has 4 rings (SSSR count). The molecular weight excluding hydrogens is 508 g/mol. The number of aromatic amines is 1. The molecule has 40 heavy (non-hydrogen) atoms. The quantitative estimate of drug-likeness (QED) is 0.222. The van der Waals surface area contributed by atoms with Gasteiger partial charge in [-0.15, -0.1) is 0 Å². The molecule has 0 radical (unpaired) electrons. The Kier molecular flexibility index (Phi) is 10.6. The summed E-state index contributed by atoms with van der Waals surface area (Å²) in [5, 5.41) is 3.93. The third-order valence-corrected chi connectivity index (χ3v) is 6.20. The topological polar surface area (TPSA) is 140 Å². The zero-order valence-electron chi connectivity index (χ0n) is 23.7. The fourth-order valence-electron chi connectivity index (χ4n) is 4.21. The van der Waals surface area contributed by atoms with E-state index in [-0.39, 0.29) is 29.3 Å². The molecular formula is C31H38N4O5. The van der Waals surface area contributed by atoms with Gasteiger partial charge in [0.25, 0.3) is 0 Å². The van der Waals surface area contributed by atoms with E-state index in [1.807, 2.05) is 82.3 Å². The fraction of sp³-hybridized carbons (Fsp3) is 0.355. The van der Waals surface area contributed by atoms with Gasteiger partial charge in [-0.2, -0.15) is 0 Å². The Labute approximate surface area is 234 Å². The second kappa shape index (κ2) is 14.1. The number of carbonyl (C=O) groups excluding carboxylic acids is 3. The number of para-hydroxylation sites is 1. The Bertz CT molecular complexity index is 1420. The van der Waals surface area contributed by atoms with Gasteiger partial charge in [0.2, 0.25) is 17.7 Å². The first-order valence-corrected chi connectivity index (χ1v) is 13.4. The average molecular weight is 547 g/mol. The fourth-order valence-corrected chi connectivity index (χ4v) is 4.21. The molecule has 0 aliphatic carbocycles. The lowest BCUT2D eigenvalue weighted by Gasteiger charge is -2.19. The number of esters is 1. The number of primary amides is 1. The van der Waals surface area contributed by atoms with Crippen LogP contribution in [0.2, 0.25) is 0 Å². The van der Waals surface area contributed by atoms with Crippen molar-refractivity contribution < 1.29 is 23.5 Å². The van der Waals surface area contributed by atoms with Crippen molar-refractivity contribution in [2.45, 2.75) is 53.0 Å². The van der Waals surface area contributed by atoms with Crippen LogP contribution >= 0.6 is 0 Å². The molecule has 4 N–H and O–H groups in total. The summed E-state index contributed by atoms with van der Waals surface area (Å²) in [7, 11) is 1.31. The van der Waals surface area contributed by atoms with Crippen LogP contribution in [0.25, 0.3) is 22.2 Å². The van der Waals surface area contributed by atoms with Crippen LogP contribution in [0.1, 0.15) is 68.5 Å². The van der Waals surface area contributed by atoms with E-state index >= 15 is 0 Å². The van der Waals surface area contributed by atoms with Crippen molar-refractivity contribution in [3.05, 3.63) is 77.9 Å². The van der Waals surface area contributed by atoms with Crippen molar-refractivity contribution in [2.75, 3.05) is 7.11 Å². The molecule has 1 atom stereocenters. The minimum absolute atomic E-state index is 0.00867. The first-order chi connectivity index (χ1) is 19.1. The third kappa shape index (κ3) is 8.05. The molecule has 212 valence electrons. The van der Waals surface area contributed by atoms with Crippen molar-refractivity contribution >= 4 is 28.7 Å². The van der Waals surface area contributed by atoms with Gasteiger partial charge in [0.15, 0.2) is 11.5 Å². The van der Waals surface area contributed by atoms with Gasteiger partial charge in [-0.3, -0.25) is 9.59 Å². The highest BCUT2D eigenvalue weighted by atomic mass is 16.5. The van der Waals surface area contributed by atoms with Gasteiger partial charge < -0.3 is 25.2 Å². The first-order valence-electron chi connectivity index (χ1n) is 13.4. The molecule has 0 aliphatic heterocycles. The van der Waals surface area contributed by atoms with Gasteiger partial charge >= 0.3 is 5.97 Å². The number of amides is 2. The van der Waals surface area contributed by atoms with E-state index in [4.69, 9.17) is 14.9 Å². The first kappa shape index (κ1) is 30.1. The molecule has 2 heterocycles. The van der Waals surface area contributed by atoms with Gasteiger partial charge in [-0.1, -0.05) is 76.2 Å². The Morgan fingerprint density at radius 3 is 2.30 bits per heavy atom. The number of H-pyrrole nitrogens is 1. The van der Waals surface area contributed by atoms with Gasteiger partial charge in [-0.05, 0) is 29.9 Å². The molecule has 0 aliphatic rings. The van der Waals surface area contributed by atoms with E-state index in [9.17, 15) is 14.4 Å². The number of aryl methyl sites for hydroxylation is 1. The van der Waals surface area contributed by atoms with Crippen molar-refractivity contribution in [3.8, 4) is 11.3 Å². The Morgan fingerprint density at radius 1 is 1.02 bits per heavy atom. The number of fused-ring (bicyclic) bond motifs is 1. The summed E-state index contributed by atoms with van der Waals surface area (Å²) in [6, 6.07) is 17.1. The lowest BCUT2D eigenvalue weighted by molar-refractivity contribution is -0.122. The predicted octanol–water partition coefficient (Wildman–Crippen LogP) is 5.57. The highest BCUT2D eigenvalue weighted by Crippen LogP contribution is 2.34. The number of rotatable bonds is 10. The van der Waals surface area contributed by atoms with Gasteiger partial charge in [-0.25, -0.2) is 9.78 Å². The smallest absolute Gasteiger partial charge is 0.360 e. The Hall–Kier alpha value is -4.40. The van der Waals surface area contributed by atoms with Crippen LogP contribution < -0.4 is 11.1 Å². The molecule has 0 saturated carbocycles. The largest absolute Gasteiger partial charge is 0.464 e. The maximum absolute atomic E-state index is 12.7. The second-order valence-corrected chi connectivity index (χ2v) is 10.3. The van der Waals surface area contributed by atoms with Crippen LogP contribution in [-0.4, -0.2) is 34.9 Å². The summed E-state index contributed by atoms with van der Waals surface area (Å²) in [6.07, 6.45) is 3.26. The molecule has 4 aromatic rings. The Balaban J connectivity index is 0.000000559. The Morgan fingerprint density at radius 2 is 1.70 bits per heavy atom. The van der Waals surface area contributed by atoms with Gasteiger partial charge in [0, 0.05) is 35.5 Å². The molecule has 0 saturated heterocycles. The molecule has 0 spiro atoms. The van der Waals surface area contributed by atoms with Crippen molar-refractivity contribution in [3.63, 3.8) is 0 Å². The van der Waals surface area contributed by atoms with E-state index in [0.29, 0.717) is 36.5 Å². The number of hydrogen-bond acceptors (Lipinski definition) is 6. The molecule has 2 amide bonds. The average Bonchev–Trinajstić information content (AvgIpc) is 3.54. The summed E-state index contributed by atoms with van der Waals surface area (Å²) >= 11 is 0. The van der Waals surface area contributed by atoms with Crippen LogP contribution in [0.5, 0.6) is 0 Å². The lowest BCUT2D eigenvalue weighted by atomic mass is 10.0. The summed E-state index contributed by atoms with van der Waals surface area (Å²) in [4.78, 5) is 42.9. The number of carbonyl (C=O) groups is 3. The van der Waals surface area contributed by atoms with E-state index in [2.05, 4.69) is 15.3 Å². The van der Waals surface area contributed by atoms with Crippen LogP contribution in [0.3, 0.4) is 0 Å².